The zero-order valence-corrected chi connectivity index (χ0v) is 13.3. The van der Waals surface area contributed by atoms with Gasteiger partial charge in [0.2, 0.25) is 0 Å². The second kappa shape index (κ2) is 7.99. The van der Waals surface area contributed by atoms with Gasteiger partial charge in [0.15, 0.2) is 0 Å². The summed E-state index contributed by atoms with van der Waals surface area (Å²) in [7, 11) is 0. The maximum atomic E-state index is 12.3. The number of nitrogens with one attached hydrogen (secondary N) is 1. The maximum absolute atomic E-state index is 12.3. The molecule has 21 heavy (non-hydrogen) atoms. The van der Waals surface area contributed by atoms with E-state index in [0.717, 1.165) is 10.8 Å². The molecule has 1 aromatic rings. The van der Waals surface area contributed by atoms with Crippen LogP contribution in [0, 0.1) is 0 Å². The third-order valence-corrected chi connectivity index (χ3v) is 5.21. The van der Waals surface area contributed by atoms with Gasteiger partial charge in [0.05, 0.1) is 0 Å². The highest BCUT2D eigenvalue weighted by atomic mass is 32.2. The third-order valence-electron chi connectivity index (χ3n) is 4.08. The van der Waals surface area contributed by atoms with Crippen molar-refractivity contribution in [3.8, 4) is 5.75 Å². The van der Waals surface area contributed by atoms with Crippen molar-refractivity contribution < 1.29 is 13.5 Å². The summed E-state index contributed by atoms with van der Waals surface area (Å²) in [6.07, 6.45) is 7.04. The smallest absolute Gasteiger partial charge is 0.387 e. The number of benzene rings is 1. The molecule has 1 aliphatic carbocycles. The molecule has 0 saturated heterocycles. The van der Waals surface area contributed by atoms with Crippen LogP contribution in [-0.4, -0.2) is 24.2 Å². The van der Waals surface area contributed by atoms with Gasteiger partial charge in [0.1, 0.15) is 5.75 Å². The molecular weight excluding hydrogens is 292 g/mol. The van der Waals surface area contributed by atoms with Crippen molar-refractivity contribution in [2.24, 2.45) is 0 Å². The highest BCUT2D eigenvalue weighted by Crippen LogP contribution is 2.29. The summed E-state index contributed by atoms with van der Waals surface area (Å²) in [5.74, 6) is 0.224. The van der Waals surface area contributed by atoms with E-state index >= 15 is 0 Å². The molecule has 1 aromatic carbocycles. The Morgan fingerprint density at radius 1 is 1.24 bits per heavy atom. The Hall–Kier alpha value is -0.810. The summed E-state index contributed by atoms with van der Waals surface area (Å²) in [5.41, 5.74) is 0.986. The lowest BCUT2D eigenvalue weighted by molar-refractivity contribution is -0.0499. The minimum atomic E-state index is -2.77. The van der Waals surface area contributed by atoms with Gasteiger partial charge in [0, 0.05) is 17.3 Å². The van der Waals surface area contributed by atoms with E-state index in [1.165, 1.54) is 25.7 Å². The Morgan fingerprint density at radius 2 is 1.95 bits per heavy atom. The van der Waals surface area contributed by atoms with Crippen LogP contribution in [0.15, 0.2) is 24.3 Å². The maximum Gasteiger partial charge on any atom is 0.387 e. The van der Waals surface area contributed by atoms with Crippen molar-refractivity contribution >= 4 is 11.8 Å². The molecule has 1 atom stereocenters. The Bertz CT molecular complexity index is 436. The SMILES string of the molecule is CSC1CCC(NC(C)c2cccc(OC(F)F)c2)CC1. The Morgan fingerprint density at radius 3 is 2.57 bits per heavy atom. The molecule has 0 aliphatic heterocycles. The Balaban J connectivity index is 1.89. The second-order valence-electron chi connectivity index (χ2n) is 5.55. The van der Waals surface area contributed by atoms with Crippen molar-refractivity contribution in [2.75, 3.05) is 6.26 Å². The summed E-state index contributed by atoms with van der Waals surface area (Å²) in [4.78, 5) is 0. The van der Waals surface area contributed by atoms with Gasteiger partial charge in [-0.1, -0.05) is 12.1 Å². The van der Waals surface area contributed by atoms with Crippen LogP contribution < -0.4 is 10.1 Å². The van der Waals surface area contributed by atoms with Crippen LogP contribution in [0.1, 0.15) is 44.2 Å². The number of halogens is 2. The molecule has 0 aromatic heterocycles. The van der Waals surface area contributed by atoms with Gasteiger partial charge in [-0.05, 0) is 56.6 Å². The van der Waals surface area contributed by atoms with Gasteiger partial charge in [-0.2, -0.15) is 20.5 Å². The topological polar surface area (TPSA) is 21.3 Å². The first-order chi connectivity index (χ1) is 10.1. The average molecular weight is 315 g/mol. The van der Waals surface area contributed by atoms with Crippen LogP contribution in [0.4, 0.5) is 8.78 Å². The first-order valence-electron chi connectivity index (χ1n) is 7.42. The molecule has 0 bridgehead atoms. The lowest BCUT2D eigenvalue weighted by Crippen LogP contribution is -2.35. The fourth-order valence-corrected chi connectivity index (χ4v) is 3.62. The van der Waals surface area contributed by atoms with Crippen molar-refractivity contribution in [3.05, 3.63) is 29.8 Å². The Kier molecular flexibility index (Phi) is 6.30. The lowest BCUT2D eigenvalue weighted by Gasteiger charge is -2.30. The van der Waals surface area contributed by atoms with Crippen LogP contribution >= 0.6 is 11.8 Å². The molecule has 0 amide bonds. The van der Waals surface area contributed by atoms with Crippen LogP contribution in [0.2, 0.25) is 0 Å². The third kappa shape index (κ3) is 5.15. The Labute approximate surface area is 129 Å². The summed E-state index contributed by atoms with van der Waals surface area (Å²) in [6, 6.07) is 7.62. The second-order valence-corrected chi connectivity index (χ2v) is 6.69. The highest BCUT2D eigenvalue weighted by Gasteiger charge is 2.22. The molecule has 1 unspecified atom stereocenters. The standard InChI is InChI=1S/C16H23F2NOS/c1-11(19-13-6-8-15(21-2)9-7-13)12-4-3-5-14(10-12)20-16(17)18/h3-5,10-11,13,15-16,19H,6-9H2,1-2H3. The van der Waals surface area contributed by atoms with Gasteiger partial charge >= 0.3 is 6.61 Å². The van der Waals surface area contributed by atoms with Gasteiger partial charge < -0.3 is 10.1 Å². The van der Waals surface area contributed by atoms with Crippen molar-refractivity contribution in [3.63, 3.8) is 0 Å². The quantitative estimate of drug-likeness (QED) is 0.828. The van der Waals surface area contributed by atoms with E-state index in [4.69, 9.17) is 0 Å². The van der Waals surface area contributed by atoms with Crippen molar-refractivity contribution in [1.82, 2.24) is 5.32 Å². The number of hydrogen-bond acceptors (Lipinski definition) is 3. The fourth-order valence-electron chi connectivity index (χ4n) is 2.88. The minimum absolute atomic E-state index is 0.141. The molecule has 1 aliphatic rings. The highest BCUT2D eigenvalue weighted by molar-refractivity contribution is 7.99. The predicted molar refractivity (Wildman–Crippen MR) is 84.2 cm³/mol. The number of rotatable bonds is 6. The molecule has 0 radical (unpaired) electrons. The van der Waals surface area contributed by atoms with E-state index in [9.17, 15) is 8.78 Å². The summed E-state index contributed by atoms with van der Waals surface area (Å²) >= 11 is 1.96. The summed E-state index contributed by atoms with van der Waals surface area (Å²) in [6.45, 7) is -0.701. The number of hydrogen-bond donors (Lipinski definition) is 1. The molecule has 1 fully saturated rings. The average Bonchev–Trinajstić information content (AvgIpc) is 2.47. The van der Waals surface area contributed by atoms with Crippen LogP contribution in [0.25, 0.3) is 0 Å². The van der Waals surface area contributed by atoms with Gasteiger partial charge in [-0.15, -0.1) is 0 Å². The molecule has 1 N–H and O–H groups in total. The fraction of sp³-hybridized carbons (Fsp3) is 0.625. The zero-order chi connectivity index (χ0) is 15.2. The van der Waals surface area contributed by atoms with Crippen molar-refractivity contribution in [1.29, 1.82) is 0 Å². The number of thioether (sulfide) groups is 1. The van der Waals surface area contributed by atoms with Gasteiger partial charge in [-0.25, -0.2) is 0 Å². The van der Waals surface area contributed by atoms with Gasteiger partial charge in [0.25, 0.3) is 0 Å². The van der Waals surface area contributed by atoms with E-state index in [2.05, 4.69) is 23.2 Å². The van der Waals surface area contributed by atoms with E-state index in [-0.39, 0.29) is 11.8 Å². The summed E-state index contributed by atoms with van der Waals surface area (Å²) < 4.78 is 29.0. The molecule has 0 spiro atoms. The zero-order valence-electron chi connectivity index (χ0n) is 12.5. The van der Waals surface area contributed by atoms with E-state index < -0.39 is 6.61 Å². The van der Waals surface area contributed by atoms with Crippen LogP contribution in [0.3, 0.4) is 0 Å². The van der Waals surface area contributed by atoms with Crippen molar-refractivity contribution in [2.45, 2.75) is 56.6 Å². The van der Waals surface area contributed by atoms with E-state index in [1.807, 2.05) is 17.8 Å². The molecule has 0 heterocycles. The van der Waals surface area contributed by atoms with Gasteiger partial charge in [-0.3, -0.25) is 0 Å². The predicted octanol–water partition coefficient (Wildman–Crippen LogP) is 4.61. The number of ether oxygens (including phenoxy) is 1. The van der Waals surface area contributed by atoms with E-state index in [0.29, 0.717) is 6.04 Å². The molecule has 118 valence electrons. The number of alkyl halides is 2. The molecule has 2 rings (SSSR count). The lowest BCUT2D eigenvalue weighted by atomic mass is 9.93. The first-order valence-corrected chi connectivity index (χ1v) is 8.71. The molecular formula is C16H23F2NOS. The van der Waals surface area contributed by atoms with Crippen LogP contribution in [0.5, 0.6) is 5.75 Å². The monoisotopic (exact) mass is 315 g/mol. The van der Waals surface area contributed by atoms with Crippen LogP contribution in [-0.2, 0) is 0 Å². The molecule has 5 heteroatoms. The molecule has 2 nitrogen and oxygen atoms in total. The van der Waals surface area contributed by atoms with E-state index in [1.54, 1.807) is 18.2 Å². The summed E-state index contributed by atoms with van der Waals surface area (Å²) in [5, 5.41) is 4.40. The molecule has 1 saturated carbocycles. The minimum Gasteiger partial charge on any atom is -0.435 e. The first kappa shape index (κ1) is 16.6. The largest absolute Gasteiger partial charge is 0.435 e. The normalized spacial score (nSPS) is 24.0.